The molecular weight excluding hydrogens is 326 g/mol. The summed E-state index contributed by atoms with van der Waals surface area (Å²) in [6.45, 7) is 1.01. The second kappa shape index (κ2) is 4.59. The van der Waals surface area contributed by atoms with Crippen LogP contribution in [-0.4, -0.2) is 61.9 Å². The number of epoxide rings is 1. The van der Waals surface area contributed by atoms with E-state index in [0.29, 0.717) is 17.2 Å². The zero-order valence-electron chi connectivity index (χ0n) is 14.2. The van der Waals surface area contributed by atoms with Crippen molar-refractivity contribution in [1.82, 2.24) is 4.90 Å². The van der Waals surface area contributed by atoms with Gasteiger partial charge in [-0.1, -0.05) is 0 Å². The van der Waals surface area contributed by atoms with E-state index in [1.807, 2.05) is 6.07 Å². The van der Waals surface area contributed by atoms with Crippen molar-refractivity contribution in [1.29, 1.82) is 0 Å². The van der Waals surface area contributed by atoms with E-state index in [1.165, 1.54) is 0 Å². The third kappa shape index (κ3) is 1.53. The molecule has 1 aromatic rings. The number of rotatable bonds is 2. The molecule has 7 nitrogen and oxygen atoms in total. The summed E-state index contributed by atoms with van der Waals surface area (Å²) in [5.41, 5.74) is 1.77. The van der Waals surface area contributed by atoms with Crippen molar-refractivity contribution in [3.05, 3.63) is 17.2 Å². The van der Waals surface area contributed by atoms with Gasteiger partial charge in [0, 0.05) is 30.7 Å². The maximum Gasteiger partial charge on any atom is 0.231 e. The first-order valence-corrected chi connectivity index (χ1v) is 8.83. The van der Waals surface area contributed by atoms with E-state index < -0.39 is 6.23 Å². The van der Waals surface area contributed by atoms with Crippen LogP contribution in [0.1, 0.15) is 30.2 Å². The molecule has 5 aliphatic rings. The maximum absolute atomic E-state index is 11.2. The molecule has 0 amide bonds. The van der Waals surface area contributed by atoms with E-state index in [4.69, 9.17) is 23.7 Å². The molecule has 0 aromatic heterocycles. The van der Waals surface area contributed by atoms with Gasteiger partial charge in [-0.2, -0.15) is 0 Å². The van der Waals surface area contributed by atoms with Crippen molar-refractivity contribution in [3.8, 4) is 17.2 Å². The monoisotopic (exact) mass is 347 g/mol. The standard InChI is InChI=1S/C18H21NO6/c1-21-9-6-11-18(16-14(9)25-16)3-4-19(11)17(20)12-8(18)5-10-13(15(12)22-2)24-7-23-10/h5,9,11,14,16-17,20H,3-4,6-7H2,1-2H3/t9-,11-,14+,16+,17-,18+/m1/s1. The number of ether oxygens (including phenoxy) is 5. The van der Waals surface area contributed by atoms with Gasteiger partial charge in [-0.05, 0) is 24.5 Å². The summed E-state index contributed by atoms with van der Waals surface area (Å²) in [5, 5.41) is 11.2. The van der Waals surface area contributed by atoms with Crippen LogP contribution in [0.25, 0.3) is 0 Å². The van der Waals surface area contributed by atoms with E-state index in [1.54, 1.807) is 14.2 Å². The topological polar surface area (TPSA) is 72.9 Å². The van der Waals surface area contributed by atoms with Gasteiger partial charge in [-0.25, -0.2) is 0 Å². The summed E-state index contributed by atoms with van der Waals surface area (Å²) in [5.74, 6) is 1.88. The summed E-state index contributed by atoms with van der Waals surface area (Å²) in [7, 11) is 3.36. The lowest BCUT2D eigenvalue weighted by Crippen LogP contribution is -2.57. The first-order valence-electron chi connectivity index (χ1n) is 8.83. The molecule has 6 rings (SSSR count). The van der Waals surface area contributed by atoms with Crippen LogP contribution in [0.5, 0.6) is 17.2 Å². The predicted molar refractivity (Wildman–Crippen MR) is 84.9 cm³/mol. The quantitative estimate of drug-likeness (QED) is 0.798. The summed E-state index contributed by atoms with van der Waals surface area (Å²) < 4.78 is 28.7. The van der Waals surface area contributed by atoms with E-state index in [0.717, 1.165) is 30.5 Å². The number of aliphatic hydroxyl groups excluding tert-OH is 1. The predicted octanol–water partition coefficient (Wildman–Crippen LogP) is 0.927. The van der Waals surface area contributed by atoms with Gasteiger partial charge >= 0.3 is 0 Å². The van der Waals surface area contributed by atoms with Crippen LogP contribution in [0.4, 0.5) is 0 Å². The number of benzene rings is 1. The van der Waals surface area contributed by atoms with Crippen LogP contribution >= 0.6 is 0 Å². The highest BCUT2D eigenvalue weighted by atomic mass is 16.7. The highest BCUT2D eigenvalue weighted by Gasteiger charge is 2.71. The second-order valence-corrected chi connectivity index (χ2v) is 7.55. The third-order valence-electron chi connectivity index (χ3n) is 6.87. The van der Waals surface area contributed by atoms with Crippen molar-refractivity contribution in [2.75, 3.05) is 27.6 Å². The van der Waals surface area contributed by atoms with Gasteiger partial charge < -0.3 is 28.8 Å². The minimum absolute atomic E-state index is 0.0911. The SMILES string of the molecule is COc1c2c(cc3c1[C@@H](O)N1CC[C@]34[C@H]3O[C@H]3[C@H](OC)C[C@@H]14)OCO2. The summed E-state index contributed by atoms with van der Waals surface area (Å²) in [6, 6.07) is 2.25. The second-order valence-electron chi connectivity index (χ2n) is 7.55. The minimum atomic E-state index is -0.715. The lowest BCUT2D eigenvalue weighted by atomic mass is 9.62. The van der Waals surface area contributed by atoms with Crippen LogP contribution in [0.15, 0.2) is 6.07 Å². The molecule has 1 unspecified atom stereocenters. The molecule has 3 fully saturated rings. The molecule has 4 heterocycles. The Kier molecular flexibility index (Phi) is 2.68. The fourth-order valence-corrected chi connectivity index (χ4v) is 5.81. The number of methoxy groups -OCH3 is 2. The molecule has 7 atom stereocenters. The number of aliphatic hydroxyl groups is 1. The first kappa shape index (κ1) is 14.6. The lowest BCUT2D eigenvalue weighted by Gasteiger charge is -2.48. The lowest BCUT2D eigenvalue weighted by molar-refractivity contribution is -0.0566. The fourth-order valence-electron chi connectivity index (χ4n) is 5.81. The summed E-state index contributed by atoms with van der Waals surface area (Å²) in [4.78, 5) is 2.18. The highest BCUT2D eigenvalue weighted by Crippen LogP contribution is 2.65. The van der Waals surface area contributed by atoms with Crippen LogP contribution in [0.2, 0.25) is 0 Å². The van der Waals surface area contributed by atoms with Crippen molar-refractivity contribution >= 4 is 0 Å². The Balaban J connectivity index is 1.60. The molecule has 7 heteroatoms. The van der Waals surface area contributed by atoms with Gasteiger partial charge in [0.15, 0.2) is 11.5 Å². The van der Waals surface area contributed by atoms with Gasteiger partial charge in [0.2, 0.25) is 12.5 Å². The third-order valence-corrected chi connectivity index (χ3v) is 6.87. The normalized spacial score (nSPS) is 44.8. The van der Waals surface area contributed by atoms with Crippen molar-refractivity contribution in [3.63, 3.8) is 0 Å². The van der Waals surface area contributed by atoms with Crippen molar-refractivity contribution < 1.29 is 28.8 Å². The largest absolute Gasteiger partial charge is 0.492 e. The smallest absolute Gasteiger partial charge is 0.231 e. The van der Waals surface area contributed by atoms with Crippen molar-refractivity contribution in [2.45, 2.75) is 48.8 Å². The molecule has 0 radical (unpaired) electrons. The highest BCUT2D eigenvalue weighted by molar-refractivity contribution is 5.65. The van der Waals surface area contributed by atoms with Gasteiger partial charge in [0.25, 0.3) is 0 Å². The Labute approximate surface area is 145 Å². The Morgan fingerprint density at radius 1 is 1.32 bits per heavy atom. The Bertz CT molecular complexity index is 768. The van der Waals surface area contributed by atoms with E-state index in [2.05, 4.69) is 4.90 Å². The molecule has 1 aliphatic carbocycles. The molecule has 1 N–H and O–H groups in total. The Hall–Kier alpha value is -1.54. The summed E-state index contributed by atoms with van der Waals surface area (Å²) >= 11 is 0. The molecule has 4 aliphatic heterocycles. The Morgan fingerprint density at radius 3 is 3.00 bits per heavy atom. The number of fused-ring (bicyclic) bond motifs is 3. The fraction of sp³-hybridized carbons (Fsp3) is 0.667. The van der Waals surface area contributed by atoms with Crippen LogP contribution in [0, 0.1) is 0 Å². The molecular formula is C18H21NO6. The van der Waals surface area contributed by atoms with E-state index in [-0.39, 0.29) is 36.6 Å². The van der Waals surface area contributed by atoms with Crippen LogP contribution < -0.4 is 14.2 Å². The zero-order chi connectivity index (χ0) is 16.9. The van der Waals surface area contributed by atoms with Gasteiger partial charge in [0.1, 0.15) is 12.3 Å². The first-order chi connectivity index (χ1) is 12.2. The molecule has 1 aromatic carbocycles. The average molecular weight is 347 g/mol. The zero-order valence-corrected chi connectivity index (χ0v) is 14.2. The average Bonchev–Trinajstić information content (AvgIpc) is 3.18. The van der Waals surface area contributed by atoms with Gasteiger partial charge in [-0.15, -0.1) is 0 Å². The van der Waals surface area contributed by atoms with Gasteiger partial charge in [0.05, 0.1) is 19.3 Å². The summed E-state index contributed by atoms with van der Waals surface area (Å²) in [6.07, 6.45) is 1.46. The maximum atomic E-state index is 11.2. The van der Waals surface area contributed by atoms with Gasteiger partial charge in [-0.3, -0.25) is 4.90 Å². The van der Waals surface area contributed by atoms with Crippen LogP contribution in [0.3, 0.4) is 0 Å². The number of hydrogen-bond acceptors (Lipinski definition) is 7. The Morgan fingerprint density at radius 2 is 2.20 bits per heavy atom. The molecule has 0 spiro atoms. The van der Waals surface area contributed by atoms with Crippen LogP contribution in [-0.2, 0) is 14.9 Å². The number of nitrogens with zero attached hydrogens (tertiary/aromatic N) is 1. The molecule has 2 bridgehead atoms. The minimum Gasteiger partial charge on any atom is -0.492 e. The van der Waals surface area contributed by atoms with Crippen molar-refractivity contribution in [2.24, 2.45) is 0 Å². The molecule has 134 valence electrons. The molecule has 1 saturated carbocycles. The van der Waals surface area contributed by atoms with E-state index in [9.17, 15) is 5.11 Å². The molecule has 2 saturated heterocycles. The number of hydrogen-bond donors (Lipinski definition) is 1. The van der Waals surface area contributed by atoms with E-state index >= 15 is 0 Å². The molecule has 25 heavy (non-hydrogen) atoms.